The Morgan fingerprint density at radius 2 is 2.19 bits per heavy atom. The van der Waals surface area contributed by atoms with Gasteiger partial charge >= 0.3 is 0 Å². The van der Waals surface area contributed by atoms with Crippen LogP contribution in [0, 0.1) is 0 Å². The standard InChI is InChI=1S/C14H21NO/c1-10(16-2)12-6-7-14(11-4-3-5-11)13(8-12)9-15/h6-8,10-11H,3-5,9,15H2,1-2H3. The van der Waals surface area contributed by atoms with Gasteiger partial charge in [-0.05, 0) is 42.4 Å². The number of hydrogen-bond donors (Lipinski definition) is 1. The first-order valence-corrected chi connectivity index (χ1v) is 6.11. The third kappa shape index (κ3) is 2.13. The maximum absolute atomic E-state index is 5.84. The summed E-state index contributed by atoms with van der Waals surface area (Å²) in [7, 11) is 1.74. The topological polar surface area (TPSA) is 35.2 Å². The van der Waals surface area contributed by atoms with Gasteiger partial charge in [0.15, 0.2) is 0 Å². The Hall–Kier alpha value is -0.860. The van der Waals surface area contributed by atoms with Crippen molar-refractivity contribution < 1.29 is 4.74 Å². The van der Waals surface area contributed by atoms with Gasteiger partial charge in [0.05, 0.1) is 6.10 Å². The molecule has 0 spiro atoms. The predicted octanol–water partition coefficient (Wildman–Crippen LogP) is 3.12. The number of hydrogen-bond acceptors (Lipinski definition) is 2. The third-order valence-corrected chi connectivity index (χ3v) is 3.75. The van der Waals surface area contributed by atoms with Crippen molar-refractivity contribution in [3.63, 3.8) is 0 Å². The molecule has 0 radical (unpaired) electrons. The number of methoxy groups -OCH3 is 1. The van der Waals surface area contributed by atoms with Gasteiger partial charge in [-0.3, -0.25) is 0 Å². The molecule has 1 saturated carbocycles. The normalized spacial score (nSPS) is 18.2. The number of nitrogens with two attached hydrogens (primary N) is 1. The summed E-state index contributed by atoms with van der Waals surface area (Å²) in [5.74, 6) is 0.755. The highest BCUT2D eigenvalue weighted by molar-refractivity contribution is 5.36. The molecule has 1 aliphatic rings. The van der Waals surface area contributed by atoms with E-state index in [0.717, 1.165) is 5.92 Å². The molecule has 88 valence electrons. The summed E-state index contributed by atoms with van der Waals surface area (Å²) in [6.07, 6.45) is 4.17. The SMILES string of the molecule is COC(C)c1ccc(C2CCC2)c(CN)c1. The third-order valence-electron chi connectivity index (χ3n) is 3.75. The Morgan fingerprint density at radius 3 is 2.69 bits per heavy atom. The van der Waals surface area contributed by atoms with Crippen LogP contribution >= 0.6 is 0 Å². The minimum atomic E-state index is 0.153. The zero-order valence-electron chi connectivity index (χ0n) is 10.2. The molecule has 2 nitrogen and oxygen atoms in total. The fraction of sp³-hybridized carbons (Fsp3) is 0.571. The van der Waals surface area contributed by atoms with Crippen LogP contribution < -0.4 is 5.73 Å². The van der Waals surface area contributed by atoms with Gasteiger partial charge in [0.25, 0.3) is 0 Å². The van der Waals surface area contributed by atoms with Crippen molar-refractivity contribution in [2.24, 2.45) is 5.73 Å². The lowest BCUT2D eigenvalue weighted by molar-refractivity contribution is 0.119. The van der Waals surface area contributed by atoms with Crippen molar-refractivity contribution >= 4 is 0 Å². The molecule has 16 heavy (non-hydrogen) atoms. The molecule has 0 heterocycles. The zero-order valence-corrected chi connectivity index (χ0v) is 10.2. The summed E-state index contributed by atoms with van der Waals surface area (Å²) >= 11 is 0. The Labute approximate surface area is 97.8 Å². The highest BCUT2D eigenvalue weighted by Gasteiger charge is 2.22. The number of rotatable bonds is 4. The van der Waals surface area contributed by atoms with E-state index in [-0.39, 0.29) is 6.10 Å². The summed E-state index contributed by atoms with van der Waals surface area (Å²) in [4.78, 5) is 0. The molecule has 1 fully saturated rings. The fourth-order valence-corrected chi connectivity index (χ4v) is 2.31. The Balaban J connectivity index is 2.27. The molecule has 2 rings (SSSR count). The van der Waals surface area contributed by atoms with Crippen LogP contribution in [0.5, 0.6) is 0 Å². The molecule has 1 atom stereocenters. The van der Waals surface area contributed by atoms with Gasteiger partial charge in [0.1, 0.15) is 0 Å². The van der Waals surface area contributed by atoms with Crippen molar-refractivity contribution in [3.05, 3.63) is 34.9 Å². The number of benzene rings is 1. The van der Waals surface area contributed by atoms with E-state index < -0.39 is 0 Å². The molecule has 1 aromatic rings. The molecular formula is C14H21NO. The maximum Gasteiger partial charge on any atom is 0.0793 e. The van der Waals surface area contributed by atoms with Crippen molar-refractivity contribution in [3.8, 4) is 0 Å². The Bertz CT molecular complexity index is 358. The average Bonchev–Trinajstić information content (AvgIpc) is 2.26. The largest absolute Gasteiger partial charge is 0.377 e. The molecule has 1 aliphatic carbocycles. The van der Waals surface area contributed by atoms with E-state index in [0.29, 0.717) is 6.54 Å². The second-order valence-electron chi connectivity index (χ2n) is 4.67. The molecule has 2 N–H and O–H groups in total. The van der Waals surface area contributed by atoms with E-state index in [4.69, 9.17) is 10.5 Å². The second-order valence-corrected chi connectivity index (χ2v) is 4.67. The van der Waals surface area contributed by atoms with Crippen LogP contribution in [0.4, 0.5) is 0 Å². The summed E-state index contributed by atoms with van der Waals surface area (Å²) in [5.41, 5.74) is 9.82. The van der Waals surface area contributed by atoms with E-state index in [9.17, 15) is 0 Å². The van der Waals surface area contributed by atoms with Crippen LogP contribution in [-0.4, -0.2) is 7.11 Å². The monoisotopic (exact) mass is 219 g/mol. The van der Waals surface area contributed by atoms with Crippen LogP contribution in [0.3, 0.4) is 0 Å². The van der Waals surface area contributed by atoms with Crippen LogP contribution in [0.2, 0.25) is 0 Å². The lowest BCUT2D eigenvalue weighted by atomic mass is 9.78. The molecule has 1 unspecified atom stereocenters. The van der Waals surface area contributed by atoms with E-state index in [1.165, 1.54) is 36.0 Å². The molecule has 0 bridgehead atoms. The second kappa shape index (κ2) is 4.98. The Kier molecular flexibility index (Phi) is 3.62. The lowest BCUT2D eigenvalue weighted by Crippen LogP contribution is -2.13. The highest BCUT2D eigenvalue weighted by atomic mass is 16.5. The first-order chi connectivity index (χ1) is 7.76. The van der Waals surface area contributed by atoms with Gasteiger partial charge in [0, 0.05) is 13.7 Å². The fourth-order valence-electron chi connectivity index (χ4n) is 2.31. The molecule has 0 aliphatic heterocycles. The van der Waals surface area contributed by atoms with E-state index in [1.807, 2.05) is 0 Å². The van der Waals surface area contributed by atoms with Crippen LogP contribution in [0.1, 0.15) is 54.9 Å². The van der Waals surface area contributed by atoms with Gasteiger partial charge in [-0.15, -0.1) is 0 Å². The van der Waals surface area contributed by atoms with Gasteiger partial charge in [-0.2, -0.15) is 0 Å². The van der Waals surface area contributed by atoms with E-state index in [2.05, 4.69) is 25.1 Å². The first kappa shape index (κ1) is 11.6. The van der Waals surface area contributed by atoms with Crippen LogP contribution in [-0.2, 0) is 11.3 Å². The molecule has 0 saturated heterocycles. The highest BCUT2D eigenvalue weighted by Crippen LogP contribution is 2.38. The summed E-state index contributed by atoms with van der Waals surface area (Å²) in [6, 6.07) is 6.64. The zero-order chi connectivity index (χ0) is 11.5. The van der Waals surface area contributed by atoms with Gasteiger partial charge < -0.3 is 10.5 Å². The first-order valence-electron chi connectivity index (χ1n) is 6.11. The lowest BCUT2D eigenvalue weighted by Gasteiger charge is -2.28. The van der Waals surface area contributed by atoms with Gasteiger partial charge in [-0.25, -0.2) is 0 Å². The summed E-state index contributed by atoms with van der Waals surface area (Å²) in [5, 5.41) is 0. The maximum atomic E-state index is 5.84. The molecule has 1 aromatic carbocycles. The summed E-state index contributed by atoms with van der Waals surface area (Å²) in [6.45, 7) is 2.70. The smallest absolute Gasteiger partial charge is 0.0793 e. The van der Waals surface area contributed by atoms with E-state index in [1.54, 1.807) is 7.11 Å². The summed E-state index contributed by atoms with van der Waals surface area (Å²) < 4.78 is 5.34. The van der Waals surface area contributed by atoms with Crippen molar-refractivity contribution in [2.45, 2.75) is 44.8 Å². The van der Waals surface area contributed by atoms with Crippen LogP contribution in [0.25, 0.3) is 0 Å². The van der Waals surface area contributed by atoms with Gasteiger partial charge in [0.2, 0.25) is 0 Å². The Morgan fingerprint density at radius 1 is 1.44 bits per heavy atom. The molecule has 0 amide bonds. The molecule has 0 aromatic heterocycles. The van der Waals surface area contributed by atoms with Gasteiger partial charge in [-0.1, -0.05) is 24.6 Å². The average molecular weight is 219 g/mol. The minimum absolute atomic E-state index is 0.153. The van der Waals surface area contributed by atoms with Crippen molar-refractivity contribution in [1.29, 1.82) is 0 Å². The molecular weight excluding hydrogens is 198 g/mol. The quantitative estimate of drug-likeness (QED) is 0.844. The van der Waals surface area contributed by atoms with Crippen molar-refractivity contribution in [1.82, 2.24) is 0 Å². The van der Waals surface area contributed by atoms with Crippen LogP contribution in [0.15, 0.2) is 18.2 Å². The van der Waals surface area contributed by atoms with Crippen molar-refractivity contribution in [2.75, 3.05) is 7.11 Å². The minimum Gasteiger partial charge on any atom is -0.377 e. The number of ether oxygens (including phenoxy) is 1. The van der Waals surface area contributed by atoms with E-state index >= 15 is 0 Å². The molecule has 2 heteroatoms. The predicted molar refractivity (Wildman–Crippen MR) is 66.3 cm³/mol.